The van der Waals surface area contributed by atoms with Gasteiger partial charge >= 0.3 is 11.9 Å². The van der Waals surface area contributed by atoms with E-state index >= 15 is 0 Å². The van der Waals surface area contributed by atoms with E-state index in [1.54, 1.807) is 0 Å². The molecule has 0 aliphatic heterocycles. The van der Waals surface area contributed by atoms with E-state index in [4.69, 9.17) is 18.5 Å². The molecule has 55 heavy (non-hydrogen) atoms. The van der Waals surface area contributed by atoms with E-state index in [1.165, 1.54) is 161 Å². The first-order valence-corrected chi connectivity index (χ1v) is 24.7. The van der Waals surface area contributed by atoms with Crippen LogP contribution in [0.15, 0.2) is 0 Å². The number of carbonyl (C=O) groups is 2. The van der Waals surface area contributed by atoms with Gasteiger partial charge in [-0.3, -0.25) is 14.2 Å². The highest BCUT2D eigenvalue weighted by molar-refractivity contribution is 7.45. The minimum Gasteiger partial charge on any atom is -0.756 e. The molecule has 0 rings (SSSR count). The van der Waals surface area contributed by atoms with Crippen LogP contribution in [-0.2, 0) is 32.7 Å². The SMILES string of the molecule is CCCCCCCCCCCCCCCCCCCCCCC(=O)O[C@H](COC(=O)CCCCCCCCCCCCC)COP(=O)([O-])OCC[N+](C)(C)C. The van der Waals surface area contributed by atoms with Gasteiger partial charge in [0.15, 0.2) is 6.10 Å². The zero-order valence-corrected chi connectivity index (χ0v) is 37.8. The van der Waals surface area contributed by atoms with Crippen molar-refractivity contribution in [1.29, 1.82) is 0 Å². The molecule has 0 aromatic rings. The Bertz CT molecular complexity index is 912. The Balaban J connectivity index is 4.22. The quantitative estimate of drug-likeness (QED) is 0.0259. The second-order valence-corrected chi connectivity index (χ2v) is 18.5. The van der Waals surface area contributed by atoms with Crippen molar-refractivity contribution in [3.63, 3.8) is 0 Å². The topological polar surface area (TPSA) is 111 Å². The molecule has 0 aliphatic carbocycles. The summed E-state index contributed by atoms with van der Waals surface area (Å²) in [6, 6.07) is 0. The maximum absolute atomic E-state index is 12.7. The molecule has 0 saturated heterocycles. The molecule has 0 bridgehead atoms. The number of ether oxygens (including phenoxy) is 2. The van der Waals surface area contributed by atoms with Crippen molar-refractivity contribution >= 4 is 19.8 Å². The van der Waals surface area contributed by atoms with E-state index in [1.807, 2.05) is 21.1 Å². The Labute approximate surface area is 340 Å². The van der Waals surface area contributed by atoms with Gasteiger partial charge in [0.05, 0.1) is 27.7 Å². The van der Waals surface area contributed by atoms with Gasteiger partial charge in [0, 0.05) is 12.8 Å². The smallest absolute Gasteiger partial charge is 0.306 e. The van der Waals surface area contributed by atoms with E-state index in [9.17, 15) is 19.0 Å². The van der Waals surface area contributed by atoms with Crippen molar-refractivity contribution < 1.29 is 42.1 Å². The molecule has 328 valence electrons. The lowest BCUT2D eigenvalue weighted by Gasteiger charge is -2.28. The summed E-state index contributed by atoms with van der Waals surface area (Å²) in [5, 5.41) is 0. The van der Waals surface area contributed by atoms with Crippen LogP contribution in [0.25, 0.3) is 0 Å². The second-order valence-electron chi connectivity index (χ2n) is 17.1. The molecule has 0 saturated carbocycles. The van der Waals surface area contributed by atoms with Crippen LogP contribution < -0.4 is 4.89 Å². The molecule has 10 heteroatoms. The van der Waals surface area contributed by atoms with Crippen LogP contribution in [0.2, 0.25) is 0 Å². The summed E-state index contributed by atoms with van der Waals surface area (Å²) in [4.78, 5) is 37.5. The van der Waals surface area contributed by atoms with Crippen molar-refractivity contribution in [3.8, 4) is 0 Å². The molecule has 0 aliphatic rings. The number of unbranched alkanes of at least 4 members (excludes halogenated alkanes) is 29. The summed E-state index contributed by atoms with van der Waals surface area (Å²) >= 11 is 0. The molecule has 1 unspecified atom stereocenters. The summed E-state index contributed by atoms with van der Waals surface area (Å²) in [6.07, 6.45) is 38.4. The molecule has 0 aromatic carbocycles. The lowest BCUT2D eigenvalue weighted by molar-refractivity contribution is -0.870. The number of likely N-dealkylation sites (N-methyl/N-ethyl adjacent to an activating group) is 1. The van der Waals surface area contributed by atoms with Gasteiger partial charge in [-0.2, -0.15) is 0 Å². The van der Waals surface area contributed by atoms with Gasteiger partial charge in [-0.05, 0) is 12.8 Å². The van der Waals surface area contributed by atoms with E-state index in [0.717, 1.165) is 32.1 Å². The van der Waals surface area contributed by atoms with Crippen LogP contribution in [-0.4, -0.2) is 70.0 Å². The number of rotatable bonds is 43. The lowest BCUT2D eigenvalue weighted by Crippen LogP contribution is -2.37. The molecule has 0 heterocycles. The van der Waals surface area contributed by atoms with Gasteiger partial charge in [-0.1, -0.05) is 200 Å². The lowest BCUT2D eigenvalue weighted by atomic mass is 10.0. The third kappa shape index (κ3) is 42.4. The fourth-order valence-electron chi connectivity index (χ4n) is 6.72. The van der Waals surface area contributed by atoms with Gasteiger partial charge in [0.2, 0.25) is 0 Å². The number of carbonyl (C=O) groups excluding carboxylic acids is 2. The van der Waals surface area contributed by atoms with Gasteiger partial charge < -0.3 is 27.9 Å². The van der Waals surface area contributed by atoms with Crippen LogP contribution in [0.1, 0.15) is 226 Å². The second kappa shape index (κ2) is 38.5. The Morgan fingerprint density at radius 2 is 0.818 bits per heavy atom. The van der Waals surface area contributed by atoms with Gasteiger partial charge in [0.1, 0.15) is 19.8 Å². The highest BCUT2D eigenvalue weighted by Crippen LogP contribution is 2.38. The summed E-state index contributed by atoms with van der Waals surface area (Å²) < 4.78 is 33.9. The monoisotopic (exact) mass is 804 g/mol. The van der Waals surface area contributed by atoms with Crippen LogP contribution in [0.4, 0.5) is 0 Å². The summed E-state index contributed by atoms with van der Waals surface area (Å²) in [5.41, 5.74) is 0. The Morgan fingerprint density at radius 1 is 0.491 bits per heavy atom. The molecule has 2 atom stereocenters. The Kier molecular flexibility index (Phi) is 37.8. The zero-order chi connectivity index (χ0) is 40.7. The highest BCUT2D eigenvalue weighted by atomic mass is 31.2. The van der Waals surface area contributed by atoms with E-state index in [2.05, 4.69) is 13.8 Å². The van der Waals surface area contributed by atoms with Crippen molar-refractivity contribution in [3.05, 3.63) is 0 Å². The molecule has 0 radical (unpaired) electrons. The number of hydrogen-bond donors (Lipinski definition) is 0. The van der Waals surface area contributed by atoms with Crippen LogP contribution >= 0.6 is 7.82 Å². The molecule has 0 spiro atoms. The third-order valence-corrected chi connectivity index (χ3v) is 11.3. The first-order valence-electron chi connectivity index (χ1n) is 23.2. The molecule has 0 aromatic heterocycles. The largest absolute Gasteiger partial charge is 0.756 e. The minimum atomic E-state index is -4.61. The maximum atomic E-state index is 12.7. The Hall–Kier alpha value is -0.990. The zero-order valence-electron chi connectivity index (χ0n) is 36.9. The first-order chi connectivity index (χ1) is 26.5. The van der Waals surface area contributed by atoms with Crippen molar-refractivity contribution in [2.75, 3.05) is 47.5 Å². The molecule has 0 fully saturated rings. The number of quaternary nitrogens is 1. The molecular formula is C45H90NO8P. The van der Waals surface area contributed by atoms with Crippen molar-refractivity contribution in [1.82, 2.24) is 0 Å². The van der Waals surface area contributed by atoms with Gasteiger partial charge in [-0.25, -0.2) is 0 Å². The third-order valence-electron chi connectivity index (χ3n) is 10.4. The average Bonchev–Trinajstić information content (AvgIpc) is 3.13. The molecule has 0 N–H and O–H groups in total. The number of phosphoric ester groups is 1. The average molecular weight is 804 g/mol. The van der Waals surface area contributed by atoms with Gasteiger partial charge in [-0.15, -0.1) is 0 Å². The first kappa shape index (κ1) is 54.0. The fourth-order valence-corrected chi connectivity index (χ4v) is 7.44. The summed E-state index contributed by atoms with van der Waals surface area (Å²) in [6.45, 7) is 4.26. The molecule has 0 amide bonds. The number of nitrogens with zero attached hydrogens (tertiary/aromatic N) is 1. The van der Waals surface area contributed by atoms with Crippen LogP contribution in [0.3, 0.4) is 0 Å². The maximum Gasteiger partial charge on any atom is 0.306 e. The predicted molar refractivity (Wildman–Crippen MR) is 227 cm³/mol. The molecule has 9 nitrogen and oxygen atoms in total. The number of esters is 2. The minimum absolute atomic E-state index is 0.0257. The van der Waals surface area contributed by atoms with Gasteiger partial charge in [0.25, 0.3) is 7.82 Å². The highest BCUT2D eigenvalue weighted by Gasteiger charge is 2.21. The predicted octanol–water partition coefficient (Wildman–Crippen LogP) is 12.6. The van der Waals surface area contributed by atoms with Crippen molar-refractivity contribution in [2.45, 2.75) is 232 Å². The fraction of sp³-hybridized carbons (Fsp3) is 0.956. The Morgan fingerprint density at radius 3 is 1.16 bits per heavy atom. The molecular weight excluding hydrogens is 713 g/mol. The van der Waals surface area contributed by atoms with E-state index < -0.39 is 26.5 Å². The summed E-state index contributed by atoms with van der Waals surface area (Å²) in [7, 11) is 1.18. The van der Waals surface area contributed by atoms with E-state index in [0.29, 0.717) is 17.4 Å². The van der Waals surface area contributed by atoms with Crippen LogP contribution in [0.5, 0.6) is 0 Å². The van der Waals surface area contributed by atoms with Crippen LogP contribution in [0, 0.1) is 0 Å². The number of phosphoric acid groups is 1. The number of hydrogen-bond acceptors (Lipinski definition) is 8. The van der Waals surface area contributed by atoms with Crippen molar-refractivity contribution in [2.24, 2.45) is 0 Å². The normalized spacial score (nSPS) is 13.5. The standard InChI is InChI=1S/C45H90NO8P/c1-6-8-10-12-14-16-18-19-20-21-22-23-24-25-26-28-30-32-34-36-38-45(48)54-43(42-53-55(49,50)52-40-39-46(3,4)5)41-51-44(47)37-35-33-31-29-27-17-15-13-11-9-7-2/h43H,6-42H2,1-5H3/t43-/m1/s1. The van der Waals surface area contributed by atoms with E-state index in [-0.39, 0.29) is 32.0 Å². The summed E-state index contributed by atoms with van der Waals surface area (Å²) in [5.74, 6) is -0.820.